The summed E-state index contributed by atoms with van der Waals surface area (Å²) in [7, 11) is 0. The van der Waals surface area contributed by atoms with E-state index in [-0.39, 0.29) is 17.7 Å². The lowest BCUT2D eigenvalue weighted by atomic mass is 9.60. The van der Waals surface area contributed by atoms with Crippen molar-refractivity contribution in [1.82, 2.24) is 9.80 Å². The molecule has 0 aromatic heterocycles. The Kier molecular flexibility index (Phi) is 6.83. The standard InChI is InChI=1S/C28H38N2O3/c1-5-6-9-22-15-21-10-11-23(31)16-24(21)26-28(22,13-12-25(32)30(26)17-19(2)3)27(33)29-14-7-8-20(4)18-29/h5-6,9-11,15-16,19-20,25-26,31-32H,1,7-8,12-14,17-18H2,2-4H3/b9-6-. The Labute approximate surface area is 198 Å². The van der Waals surface area contributed by atoms with Crippen LogP contribution in [0.1, 0.15) is 63.6 Å². The molecule has 33 heavy (non-hydrogen) atoms. The normalized spacial score (nSPS) is 30.2. The molecular formula is C28H38N2O3. The van der Waals surface area contributed by atoms with E-state index in [1.807, 2.05) is 18.2 Å². The predicted molar refractivity (Wildman–Crippen MR) is 132 cm³/mol. The number of fused-ring (bicyclic) bond motifs is 3. The van der Waals surface area contributed by atoms with Crippen LogP contribution in [0.25, 0.3) is 6.08 Å². The highest BCUT2D eigenvalue weighted by Gasteiger charge is 2.58. The molecule has 1 aromatic carbocycles. The molecule has 4 atom stereocenters. The van der Waals surface area contributed by atoms with Crippen LogP contribution in [0.15, 0.2) is 48.6 Å². The van der Waals surface area contributed by atoms with Crippen molar-refractivity contribution < 1.29 is 15.0 Å². The minimum absolute atomic E-state index is 0.147. The maximum absolute atomic E-state index is 14.5. The molecule has 4 unspecified atom stereocenters. The van der Waals surface area contributed by atoms with E-state index >= 15 is 0 Å². The fraction of sp³-hybridized carbons (Fsp3) is 0.536. The molecule has 0 bridgehead atoms. The minimum Gasteiger partial charge on any atom is -0.508 e. The molecule has 1 aromatic rings. The van der Waals surface area contributed by atoms with Gasteiger partial charge in [-0.2, -0.15) is 0 Å². The molecular weight excluding hydrogens is 412 g/mol. The van der Waals surface area contributed by atoms with Crippen LogP contribution < -0.4 is 0 Å². The van der Waals surface area contributed by atoms with E-state index in [1.165, 1.54) is 0 Å². The number of phenols is 1. The Morgan fingerprint density at radius 1 is 1.33 bits per heavy atom. The van der Waals surface area contributed by atoms with Gasteiger partial charge in [0.2, 0.25) is 5.91 Å². The number of phenolic OH excluding ortho intramolecular Hbond substituents is 1. The van der Waals surface area contributed by atoms with Gasteiger partial charge in [-0.25, -0.2) is 0 Å². The number of carbonyl (C=O) groups is 1. The summed E-state index contributed by atoms with van der Waals surface area (Å²) in [5.74, 6) is 1.13. The Balaban J connectivity index is 1.94. The van der Waals surface area contributed by atoms with E-state index in [1.54, 1.807) is 18.2 Å². The Morgan fingerprint density at radius 2 is 2.12 bits per heavy atom. The number of hydrogen-bond donors (Lipinski definition) is 2. The number of aliphatic hydroxyl groups is 1. The van der Waals surface area contributed by atoms with E-state index in [0.717, 1.165) is 42.6 Å². The van der Waals surface area contributed by atoms with Crippen LogP contribution in [0.3, 0.4) is 0 Å². The smallest absolute Gasteiger partial charge is 0.235 e. The quantitative estimate of drug-likeness (QED) is 0.627. The fourth-order valence-corrected chi connectivity index (χ4v) is 6.11. The van der Waals surface area contributed by atoms with E-state index in [9.17, 15) is 15.0 Å². The van der Waals surface area contributed by atoms with Crippen molar-refractivity contribution in [1.29, 1.82) is 0 Å². The molecule has 0 radical (unpaired) electrons. The average molecular weight is 451 g/mol. The number of piperidine rings is 2. The van der Waals surface area contributed by atoms with Crippen LogP contribution >= 0.6 is 0 Å². The topological polar surface area (TPSA) is 64.0 Å². The highest BCUT2D eigenvalue weighted by atomic mass is 16.3. The lowest BCUT2D eigenvalue weighted by Gasteiger charge is -2.55. The number of nitrogens with zero attached hydrogens (tertiary/aromatic N) is 2. The lowest BCUT2D eigenvalue weighted by Crippen LogP contribution is -2.60. The van der Waals surface area contributed by atoms with Crippen molar-refractivity contribution in [3.63, 3.8) is 0 Å². The second-order valence-corrected chi connectivity index (χ2v) is 10.5. The average Bonchev–Trinajstić information content (AvgIpc) is 2.78. The summed E-state index contributed by atoms with van der Waals surface area (Å²) in [5, 5.41) is 21.5. The molecule has 178 valence electrons. The van der Waals surface area contributed by atoms with E-state index < -0.39 is 11.6 Å². The summed E-state index contributed by atoms with van der Waals surface area (Å²) in [6, 6.07) is 5.05. The zero-order valence-electron chi connectivity index (χ0n) is 20.2. The van der Waals surface area contributed by atoms with Gasteiger partial charge in [0.25, 0.3) is 0 Å². The van der Waals surface area contributed by atoms with Crippen LogP contribution in [0.5, 0.6) is 5.75 Å². The van der Waals surface area contributed by atoms with Crippen molar-refractivity contribution in [2.24, 2.45) is 17.3 Å². The third-order valence-corrected chi connectivity index (χ3v) is 7.48. The molecule has 5 nitrogen and oxygen atoms in total. The highest BCUT2D eigenvalue weighted by Crippen LogP contribution is 2.57. The van der Waals surface area contributed by atoms with Gasteiger partial charge < -0.3 is 15.1 Å². The summed E-state index contributed by atoms with van der Waals surface area (Å²) in [6.07, 6.45) is 10.4. The zero-order valence-corrected chi connectivity index (χ0v) is 20.2. The van der Waals surface area contributed by atoms with Gasteiger partial charge in [0.1, 0.15) is 12.0 Å². The van der Waals surface area contributed by atoms with Gasteiger partial charge in [-0.05, 0) is 66.4 Å². The lowest BCUT2D eigenvalue weighted by molar-refractivity contribution is -0.161. The first-order chi connectivity index (χ1) is 15.8. The first-order valence-electron chi connectivity index (χ1n) is 12.3. The van der Waals surface area contributed by atoms with Crippen molar-refractivity contribution in [2.45, 2.75) is 58.7 Å². The number of benzene rings is 1. The van der Waals surface area contributed by atoms with Crippen LogP contribution in [0, 0.1) is 17.3 Å². The molecule has 2 aliphatic heterocycles. The number of likely N-dealkylation sites (tertiary alicyclic amines) is 2. The second kappa shape index (κ2) is 9.47. The Hall–Kier alpha value is -2.37. The largest absolute Gasteiger partial charge is 0.508 e. The van der Waals surface area contributed by atoms with Gasteiger partial charge >= 0.3 is 0 Å². The molecule has 2 fully saturated rings. The first kappa shape index (κ1) is 23.8. The summed E-state index contributed by atoms with van der Waals surface area (Å²) in [4.78, 5) is 18.7. The van der Waals surface area contributed by atoms with Gasteiger partial charge in [-0.1, -0.05) is 57.7 Å². The van der Waals surface area contributed by atoms with Gasteiger partial charge in [0.15, 0.2) is 0 Å². The van der Waals surface area contributed by atoms with Crippen molar-refractivity contribution in [3.8, 4) is 5.75 Å². The molecule has 0 saturated carbocycles. The van der Waals surface area contributed by atoms with Crippen LogP contribution in [0.4, 0.5) is 0 Å². The number of allylic oxidation sites excluding steroid dienone is 3. The fourth-order valence-electron chi connectivity index (χ4n) is 6.11. The monoisotopic (exact) mass is 450 g/mol. The van der Waals surface area contributed by atoms with Crippen LogP contribution in [-0.4, -0.2) is 51.8 Å². The van der Waals surface area contributed by atoms with E-state index in [0.29, 0.717) is 31.2 Å². The Morgan fingerprint density at radius 3 is 2.82 bits per heavy atom. The molecule has 2 N–H and O–H groups in total. The third kappa shape index (κ3) is 4.29. The SMILES string of the molecule is C=C/C=C\C1=Cc2ccc(O)cc2C2N(CC(C)C)C(O)CCC12C(=O)N1CCCC(C)C1. The maximum atomic E-state index is 14.5. The van der Waals surface area contributed by atoms with Crippen LogP contribution in [0.2, 0.25) is 0 Å². The van der Waals surface area contributed by atoms with Crippen molar-refractivity contribution in [3.05, 3.63) is 59.7 Å². The molecule has 1 amide bonds. The summed E-state index contributed by atoms with van der Waals surface area (Å²) in [5.41, 5.74) is 2.06. The van der Waals surface area contributed by atoms with Crippen LogP contribution in [-0.2, 0) is 4.79 Å². The molecule has 1 aliphatic carbocycles. The minimum atomic E-state index is -0.814. The maximum Gasteiger partial charge on any atom is 0.235 e. The van der Waals surface area contributed by atoms with Crippen molar-refractivity contribution >= 4 is 12.0 Å². The van der Waals surface area contributed by atoms with Gasteiger partial charge in [-0.3, -0.25) is 9.69 Å². The number of amides is 1. The Bertz CT molecular complexity index is 966. The number of aliphatic hydroxyl groups excluding tert-OH is 1. The summed E-state index contributed by atoms with van der Waals surface area (Å²) >= 11 is 0. The van der Waals surface area contributed by atoms with Crippen molar-refractivity contribution in [2.75, 3.05) is 19.6 Å². The predicted octanol–water partition coefficient (Wildman–Crippen LogP) is 4.89. The summed E-state index contributed by atoms with van der Waals surface area (Å²) < 4.78 is 0. The molecule has 2 heterocycles. The van der Waals surface area contributed by atoms with E-state index in [4.69, 9.17) is 0 Å². The molecule has 2 saturated heterocycles. The second-order valence-electron chi connectivity index (χ2n) is 10.5. The first-order valence-corrected chi connectivity index (χ1v) is 12.3. The number of rotatable bonds is 5. The third-order valence-electron chi connectivity index (χ3n) is 7.48. The van der Waals surface area contributed by atoms with Gasteiger partial charge in [0, 0.05) is 19.6 Å². The number of hydrogen-bond acceptors (Lipinski definition) is 4. The van der Waals surface area contributed by atoms with E-state index in [2.05, 4.69) is 43.2 Å². The molecule has 5 heteroatoms. The highest BCUT2D eigenvalue weighted by molar-refractivity contribution is 5.92. The zero-order chi connectivity index (χ0) is 23.8. The summed E-state index contributed by atoms with van der Waals surface area (Å²) in [6.45, 7) is 12.5. The van der Waals surface area contributed by atoms with Gasteiger partial charge in [-0.15, -0.1) is 0 Å². The number of carbonyl (C=O) groups excluding carboxylic acids is 1. The molecule has 3 aliphatic rings. The molecule has 4 rings (SSSR count). The van der Waals surface area contributed by atoms with Gasteiger partial charge in [0.05, 0.1) is 11.5 Å². The number of aromatic hydroxyl groups is 1. The molecule has 0 spiro atoms.